The quantitative estimate of drug-likeness (QED) is 0.293. The van der Waals surface area contributed by atoms with Gasteiger partial charge in [0.1, 0.15) is 0 Å². The zero-order chi connectivity index (χ0) is 15.6. The molecule has 0 aliphatic carbocycles. The molecule has 11 heteroatoms. The summed E-state index contributed by atoms with van der Waals surface area (Å²) in [5, 5.41) is 37.7. The first-order chi connectivity index (χ1) is 8.19. The third-order valence-electron chi connectivity index (χ3n) is 0.371. The Balaban J connectivity index is -0.0000000731. The molecule has 0 spiro atoms. The molecule has 0 bridgehead atoms. The monoisotopic (exact) mass is 307 g/mol. The number of carboxylic acid groups (broad SMARTS) is 3. The lowest BCUT2D eigenvalue weighted by Crippen LogP contribution is -2.03. The Morgan fingerprint density at radius 1 is 0.833 bits per heavy atom. The molecule has 0 aromatic heterocycles. The number of amides is 1. The van der Waals surface area contributed by atoms with Crippen molar-refractivity contribution in [2.45, 2.75) is 0 Å². The van der Waals surface area contributed by atoms with E-state index in [4.69, 9.17) is 30.3 Å². The lowest BCUT2D eigenvalue weighted by molar-refractivity contribution is -0.134. The van der Waals surface area contributed by atoms with Crippen LogP contribution in [0.15, 0.2) is 0 Å². The number of aliphatic hydroxyl groups excluding tert-OH is 2. The number of nitrogens with two attached hydrogens (primary N) is 1. The van der Waals surface area contributed by atoms with E-state index in [2.05, 4.69) is 31.0 Å². The van der Waals surface area contributed by atoms with Crippen LogP contribution in [0, 0.1) is 0 Å². The van der Waals surface area contributed by atoms with Crippen LogP contribution >= 0.6 is 25.3 Å². The van der Waals surface area contributed by atoms with E-state index in [1.807, 2.05) is 0 Å². The van der Waals surface area contributed by atoms with Gasteiger partial charge in [-0.1, -0.05) is 0 Å². The summed E-state index contributed by atoms with van der Waals surface area (Å²) in [5.41, 5.74) is 4.03. The van der Waals surface area contributed by atoms with Crippen LogP contribution in [0.2, 0.25) is 0 Å². The predicted octanol–water partition coefficient (Wildman–Crippen LogP) is -1.40. The summed E-state index contributed by atoms with van der Waals surface area (Å²) in [7, 11) is 0. The number of aliphatic carboxylic acids is 2. The molecule has 0 unspecified atom stereocenters. The van der Waals surface area contributed by atoms with Crippen molar-refractivity contribution in [3.63, 3.8) is 0 Å². The van der Waals surface area contributed by atoms with Gasteiger partial charge in [0.25, 0.3) is 0 Å². The number of aliphatic hydroxyl groups is 2. The third kappa shape index (κ3) is 193. The van der Waals surface area contributed by atoms with Gasteiger partial charge in [-0.3, -0.25) is 9.59 Å². The second kappa shape index (κ2) is 24.9. The summed E-state index contributed by atoms with van der Waals surface area (Å²) in [6, 6.07) is 0. The van der Waals surface area contributed by atoms with Crippen molar-refractivity contribution in [2.75, 3.05) is 24.7 Å². The SMILES string of the molecule is NC(=O)O.O=C(O)CS.O=C(O)CS.OCCO. The van der Waals surface area contributed by atoms with Gasteiger partial charge in [0.2, 0.25) is 0 Å². The van der Waals surface area contributed by atoms with Gasteiger partial charge in [-0.25, -0.2) is 4.79 Å². The number of carboxylic acids is 2. The highest BCUT2D eigenvalue weighted by Crippen LogP contribution is 1.66. The van der Waals surface area contributed by atoms with Crippen LogP contribution in [0.1, 0.15) is 0 Å². The standard InChI is InChI=1S/2C2H4O2S.C2H6O2.CH3NO2/c2*3-2(4)1-5;3-1-2-4;2-1(3)4/h2*5H,1H2,(H,3,4);3-4H,1-2H2;2H2,(H,3,4). The number of hydrogen-bond acceptors (Lipinski definition) is 7. The molecule has 0 fully saturated rings. The van der Waals surface area contributed by atoms with Crippen LogP contribution < -0.4 is 5.73 Å². The summed E-state index contributed by atoms with van der Waals surface area (Å²) >= 11 is 6.83. The fourth-order valence-corrected chi connectivity index (χ4v) is 0. The molecule has 0 saturated carbocycles. The van der Waals surface area contributed by atoms with Crippen molar-refractivity contribution in [2.24, 2.45) is 5.73 Å². The fourth-order valence-electron chi connectivity index (χ4n) is 0. The molecule has 18 heavy (non-hydrogen) atoms. The highest BCUT2D eigenvalue weighted by Gasteiger charge is 1.82. The van der Waals surface area contributed by atoms with Gasteiger partial charge in [0, 0.05) is 0 Å². The normalized spacial score (nSPS) is 7.11. The van der Waals surface area contributed by atoms with Gasteiger partial charge >= 0.3 is 18.0 Å². The molecule has 9 nitrogen and oxygen atoms in total. The number of rotatable bonds is 3. The Morgan fingerprint density at radius 2 is 0.944 bits per heavy atom. The van der Waals surface area contributed by atoms with Gasteiger partial charge in [0.05, 0.1) is 24.7 Å². The van der Waals surface area contributed by atoms with Gasteiger partial charge in [0.15, 0.2) is 0 Å². The topological polar surface area (TPSA) is 178 Å². The lowest BCUT2D eigenvalue weighted by atomic mass is 10.8. The summed E-state index contributed by atoms with van der Waals surface area (Å²) in [4.78, 5) is 27.4. The first-order valence-corrected chi connectivity index (χ1v) is 5.31. The van der Waals surface area contributed by atoms with Crippen LogP contribution in [0.25, 0.3) is 0 Å². The number of hydrogen-bond donors (Lipinski definition) is 8. The van der Waals surface area contributed by atoms with E-state index in [0.29, 0.717) is 0 Å². The highest BCUT2D eigenvalue weighted by molar-refractivity contribution is 7.81. The van der Waals surface area contributed by atoms with E-state index in [0.717, 1.165) is 0 Å². The Kier molecular flexibility index (Phi) is 35.4. The zero-order valence-electron chi connectivity index (χ0n) is 9.26. The van der Waals surface area contributed by atoms with E-state index in [1.165, 1.54) is 0 Å². The fraction of sp³-hybridized carbons (Fsp3) is 0.571. The van der Waals surface area contributed by atoms with Crippen molar-refractivity contribution in [1.29, 1.82) is 0 Å². The maximum absolute atomic E-state index is 9.29. The Bertz CT molecular complexity index is 194. The van der Waals surface area contributed by atoms with Gasteiger partial charge in [-0.15, -0.1) is 0 Å². The minimum absolute atomic E-state index is 0.0833. The molecule has 7 N–H and O–H groups in total. The van der Waals surface area contributed by atoms with Gasteiger partial charge < -0.3 is 31.3 Å². The molecule has 0 atom stereocenters. The molecule has 0 aromatic carbocycles. The van der Waals surface area contributed by atoms with Gasteiger partial charge in [-0.2, -0.15) is 25.3 Å². The molecule has 0 aliphatic rings. The van der Waals surface area contributed by atoms with E-state index in [-0.39, 0.29) is 24.7 Å². The van der Waals surface area contributed by atoms with Crippen LogP contribution in [-0.2, 0) is 9.59 Å². The average molecular weight is 307 g/mol. The zero-order valence-corrected chi connectivity index (χ0v) is 11.0. The first kappa shape index (κ1) is 25.6. The van der Waals surface area contributed by atoms with Crippen LogP contribution in [0.5, 0.6) is 0 Å². The summed E-state index contributed by atoms with van der Waals surface area (Å²) in [6.07, 6.45) is -1.33. The number of thiol groups is 2. The number of carbonyl (C=O) groups is 3. The smallest absolute Gasteiger partial charge is 0.402 e. The molecule has 0 aliphatic heterocycles. The van der Waals surface area contributed by atoms with Crippen molar-refractivity contribution in [3.8, 4) is 0 Å². The van der Waals surface area contributed by atoms with Crippen molar-refractivity contribution < 1.29 is 39.9 Å². The van der Waals surface area contributed by atoms with Crippen LogP contribution in [-0.4, -0.2) is 68.3 Å². The Hall–Kier alpha value is -1.17. The van der Waals surface area contributed by atoms with E-state index >= 15 is 0 Å². The van der Waals surface area contributed by atoms with Crippen molar-refractivity contribution in [1.82, 2.24) is 0 Å². The third-order valence-corrected chi connectivity index (χ3v) is 0.912. The van der Waals surface area contributed by atoms with Crippen molar-refractivity contribution in [3.05, 3.63) is 0 Å². The second-order valence-corrected chi connectivity index (χ2v) is 2.52. The minimum atomic E-state index is -1.33. The molecular weight excluding hydrogens is 290 g/mol. The Morgan fingerprint density at radius 3 is 0.944 bits per heavy atom. The summed E-state index contributed by atoms with van der Waals surface area (Å²) in [6.45, 7) is -0.250. The van der Waals surface area contributed by atoms with Crippen LogP contribution in [0.4, 0.5) is 4.79 Å². The molecule has 0 radical (unpaired) electrons. The maximum Gasteiger partial charge on any atom is 0.402 e. The average Bonchev–Trinajstić information content (AvgIpc) is 2.29. The molecular formula is C7H17NO8S2. The van der Waals surface area contributed by atoms with E-state index < -0.39 is 18.0 Å². The molecule has 0 saturated heterocycles. The van der Waals surface area contributed by atoms with Crippen LogP contribution in [0.3, 0.4) is 0 Å². The Labute approximate surface area is 114 Å². The molecule has 0 rings (SSSR count). The lowest BCUT2D eigenvalue weighted by Gasteiger charge is -1.71. The maximum atomic E-state index is 9.29. The largest absolute Gasteiger partial charge is 0.481 e. The van der Waals surface area contributed by atoms with E-state index in [1.54, 1.807) is 0 Å². The highest BCUT2D eigenvalue weighted by atomic mass is 32.1. The number of primary amides is 1. The summed E-state index contributed by atoms with van der Waals surface area (Å²) < 4.78 is 0. The molecule has 110 valence electrons. The molecule has 1 amide bonds. The molecule has 0 heterocycles. The second-order valence-electron chi connectivity index (χ2n) is 1.89. The van der Waals surface area contributed by atoms with E-state index in [9.17, 15) is 9.59 Å². The van der Waals surface area contributed by atoms with Crippen molar-refractivity contribution >= 4 is 43.3 Å². The molecule has 0 aromatic rings. The first-order valence-electron chi connectivity index (χ1n) is 4.04. The van der Waals surface area contributed by atoms with Gasteiger partial charge in [-0.05, 0) is 0 Å². The predicted molar refractivity (Wildman–Crippen MR) is 69.4 cm³/mol. The minimum Gasteiger partial charge on any atom is -0.481 e. The summed E-state index contributed by atoms with van der Waals surface area (Å²) in [5.74, 6) is -1.93.